The summed E-state index contributed by atoms with van der Waals surface area (Å²) >= 11 is 0. The molecule has 0 aliphatic carbocycles. The van der Waals surface area contributed by atoms with Crippen molar-refractivity contribution in [2.45, 2.75) is 0 Å². The molecular weight excluding hydrogens is 158 g/mol. The summed E-state index contributed by atoms with van der Waals surface area (Å²) in [6.07, 6.45) is 3.81. The zero-order valence-electron chi connectivity index (χ0n) is 5.86. The molecule has 0 saturated carbocycles. The number of hydrogen-bond acceptors (Lipinski definition) is 3. The summed E-state index contributed by atoms with van der Waals surface area (Å²) in [6, 6.07) is 1.82. The molecule has 0 spiro atoms. The highest BCUT2D eigenvalue weighted by atomic mass is 32.2. The summed E-state index contributed by atoms with van der Waals surface area (Å²) in [7, 11) is -0.603. The minimum atomic E-state index is -0.603. The van der Waals surface area contributed by atoms with E-state index in [2.05, 4.69) is 0 Å². The lowest BCUT2D eigenvalue weighted by atomic mass is 10.5. The van der Waals surface area contributed by atoms with Gasteiger partial charge in [-0.15, -0.1) is 0 Å². The number of nitrogens with two attached hydrogens (primary N) is 2. The second kappa shape index (κ2) is 3.17. The van der Waals surface area contributed by atoms with E-state index in [9.17, 15) is 0 Å². The molecule has 0 aromatic heterocycles. The third-order valence-electron chi connectivity index (χ3n) is 1.28. The molecule has 11 heavy (non-hydrogen) atoms. The minimum Gasteiger partial charge on any atom is -0.392 e. The molecular formula is C7H9N3S. The van der Waals surface area contributed by atoms with E-state index in [0.29, 0.717) is 5.03 Å². The molecule has 0 amide bonds. The van der Waals surface area contributed by atoms with Gasteiger partial charge in [0, 0.05) is 0 Å². The van der Waals surface area contributed by atoms with Gasteiger partial charge in [-0.3, -0.25) is 0 Å². The summed E-state index contributed by atoms with van der Waals surface area (Å²) in [5.74, 6) is 0. The number of nitrogens with zero attached hydrogens (tertiary/aromatic N) is 1. The molecule has 0 bridgehead atoms. The van der Waals surface area contributed by atoms with Crippen molar-refractivity contribution in [1.29, 1.82) is 5.26 Å². The first-order valence-corrected chi connectivity index (χ1v) is 4.52. The Morgan fingerprint density at radius 3 is 2.27 bits per heavy atom. The van der Waals surface area contributed by atoms with Crippen LogP contribution < -0.4 is 11.5 Å². The van der Waals surface area contributed by atoms with Crippen molar-refractivity contribution in [1.82, 2.24) is 0 Å². The van der Waals surface area contributed by atoms with Gasteiger partial charge >= 0.3 is 0 Å². The first kappa shape index (κ1) is 7.76. The molecule has 1 aliphatic heterocycles. The standard InChI is InChI=1S/C7H9N3S/c8-5-6(9)7(10)11-3-1-2-4-11/h1-4,11H,9-10H2. The Kier molecular flexibility index (Phi) is 2.24. The van der Waals surface area contributed by atoms with Crippen LogP contribution in [0.4, 0.5) is 0 Å². The van der Waals surface area contributed by atoms with Crippen LogP contribution in [0.5, 0.6) is 0 Å². The van der Waals surface area contributed by atoms with Gasteiger partial charge in [0.25, 0.3) is 0 Å². The van der Waals surface area contributed by atoms with E-state index in [1.165, 1.54) is 0 Å². The molecule has 0 atom stereocenters. The summed E-state index contributed by atoms with van der Waals surface area (Å²) in [5.41, 5.74) is 11.1. The van der Waals surface area contributed by atoms with Crippen LogP contribution in [0.2, 0.25) is 0 Å². The maximum Gasteiger partial charge on any atom is 0.139 e. The molecule has 1 aliphatic rings. The van der Waals surface area contributed by atoms with Crippen LogP contribution in [-0.4, -0.2) is 0 Å². The normalized spacial score (nSPS) is 19.7. The average Bonchev–Trinajstić information content (AvgIpc) is 2.53. The Hall–Kier alpha value is -1.34. The maximum atomic E-state index is 8.41. The topological polar surface area (TPSA) is 75.8 Å². The minimum absolute atomic E-state index is 0.132. The van der Waals surface area contributed by atoms with Gasteiger partial charge in [0.1, 0.15) is 11.8 Å². The second-order valence-electron chi connectivity index (χ2n) is 2.00. The Bertz CT molecular complexity index is 271. The van der Waals surface area contributed by atoms with E-state index in [1.807, 2.05) is 29.0 Å². The molecule has 4 N–H and O–H groups in total. The molecule has 1 heterocycles. The highest BCUT2D eigenvalue weighted by Crippen LogP contribution is 2.38. The monoisotopic (exact) mass is 167 g/mol. The number of thiol groups is 1. The zero-order valence-corrected chi connectivity index (χ0v) is 6.75. The van der Waals surface area contributed by atoms with Crippen LogP contribution in [0.25, 0.3) is 0 Å². The first-order chi connectivity index (χ1) is 5.25. The Balaban J connectivity index is 2.85. The third-order valence-corrected chi connectivity index (χ3v) is 3.06. The SMILES string of the molecule is N#CC(N)=C(N)[SH]1C=CC=C1. The molecule has 4 heteroatoms. The molecule has 3 nitrogen and oxygen atoms in total. The van der Waals surface area contributed by atoms with Gasteiger partial charge in [0.05, 0.1) is 5.03 Å². The lowest BCUT2D eigenvalue weighted by molar-refractivity contribution is 1.33. The van der Waals surface area contributed by atoms with E-state index in [4.69, 9.17) is 16.7 Å². The molecule has 58 valence electrons. The number of hydrogen-bond donors (Lipinski definition) is 3. The third kappa shape index (κ3) is 1.57. The second-order valence-corrected chi connectivity index (χ2v) is 3.89. The van der Waals surface area contributed by atoms with Crippen LogP contribution in [0.3, 0.4) is 0 Å². The van der Waals surface area contributed by atoms with Gasteiger partial charge < -0.3 is 11.5 Å². The highest BCUT2D eigenvalue weighted by molar-refractivity contribution is 8.25. The fourth-order valence-electron chi connectivity index (χ4n) is 0.691. The van der Waals surface area contributed by atoms with Crippen LogP contribution in [0.1, 0.15) is 0 Å². The fraction of sp³-hybridized carbons (Fsp3) is 0. The van der Waals surface area contributed by atoms with E-state index < -0.39 is 10.9 Å². The summed E-state index contributed by atoms with van der Waals surface area (Å²) in [4.78, 5) is 0. The molecule has 0 radical (unpaired) electrons. The van der Waals surface area contributed by atoms with Crippen molar-refractivity contribution in [2.75, 3.05) is 0 Å². The smallest absolute Gasteiger partial charge is 0.139 e. The van der Waals surface area contributed by atoms with Crippen molar-refractivity contribution < 1.29 is 0 Å². The van der Waals surface area contributed by atoms with Crippen molar-refractivity contribution in [3.63, 3.8) is 0 Å². The van der Waals surface area contributed by atoms with E-state index in [0.717, 1.165) is 0 Å². The predicted octanol–water partition coefficient (Wildman–Crippen LogP) is 0.639. The molecule has 0 aromatic carbocycles. The van der Waals surface area contributed by atoms with Crippen molar-refractivity contribution in [2.24, 2.45) is 11.5 Å². The van der Waals surface area contributed by atoms with Gasteiger partial charge in [0.15, 0.2) is 0 Å². The van der Waals surface area contributed by atoms with Gasteiger partial charge in [-0.05, 0) is 10.8 Å². The summed E-state index contributed by atoms with van der Waals surface area (Å²) in [6.45, 7) is 0. The van der Waals surface area contributed by atoms with Gasteiger partial charge in [-0.25, -0.2) is 0 Å². The highest BCUT2D eigenvalue weighted by Gasteiger charge is 2.05. The summed E-state index contributed by atoms with van der Waals surface area (Å²) in [5, 5.41) is 12.8. The zero-order chi connectivity index (χ0) is 8.27. The average molecular weight is 167 g/mol. The largest absolute Gasteiger partial charge is 0.392 e. The van der Waals surface area contributed by atoms with E-state index in [-0.39, 0.29) is 5.70 Å². The number of nitriles is 1. The van der Waals surface area contributed by atoms with Gasteiger partial charge in [0.2, 0.25) is 0 Å². The summed E-state index contributed by atoms with van der Waals surface area (Å²) < 4.78 is 0. The van der Waals surface area contributed by atoms with Gasteiger partial charge in [-0.1, -0.05) is 12.2 Å². The van der Waals surface area contributed by atoms with E-state index >= 15 is 0 Å². The molecule has 0 aromatic rings. The lowest BCUT2D eigenvalue weighted by Crippen LogP contribution is -2.06. The molecule has 0 saturated heterocycles. The first-order valence-electron chi connectivity index (χ1n) is 3.04. The van der Waals surface area contributed by atoms with Crippen molar-refractivity contribution >= 4 is 10.9 Å². The maximum absolute atomic E-state index is 8.41. The predicted molar refractivity (Wildman–Crippen MR) is 48.3 cm³/mol. The Labute approximate surface area is 68.0 Å². The molecule has 0 fully saturated rings. The van der Waals surface area contributed by atoms with Crippen molar-refractivity contribution in [3.05, 3.63) is 33.7 Å². The molecule has 0 unspecified atom stereocenters. The van der Waals surface area contributed by atoms with Crippen LogP contribution in [-0.2, 0) is 0 Å². The quantitative estimate of drug-likeness (QED) is 0.396. The lowest BCUT2D eigenvalue weighted by Gasteiger charge is -2.09. The Morgan fingerprint density at radius 2 is 1.82 bits per heavy atom. The number of allylic oxidation sites excluding steroid dienone is 3. The van der Waals surface area contributed by atoms with Crippen LogP contribution >= 0.6 is 10.9 Å². The van der Waals surface area contributed by atoms with Crippen molar-refractivity contribution in [3.8, 4) is 6.07 Å². The fourth-order valence-corrected chi connectivity index (χ4v) is 2.01. The van der Waals surface area contributed by atoms with Crippen LogP contribution in [0, 0.1) is 11.3 Å². The van der Waals surface area contributed by atoms with E-state index in [1.54, 1.807) is 0 Å². The van der Waals surface area contributed by atoms with Gasteiger partial charge in [-0.2, -0.15) is 16.2 Å². The van der Waals surface area contributed by atoms with Crippen LogP contribution in [0.15, 0.2) is 33.7 Å². The Morgan fingerprint density at radius 1 is 1.27 bits per heavy atom. The number of rotatable bonds is 1. The molecule has 1 rings (SSSR count).